The summed E-state index contributed by atoms with van der Waals surface area (Å²) >= 11 is 0. The molecule has 3 N–H and O–H groups in total. The van der Waals surface area contributed by atoms with Gasteiger partial charge in [0, 0.05) is 23.7 Å². The van der Waals surface area contributed by atoms with E-state index in [2.05, 4.69) is 11.9 Å². The van der Waals surface area contributed by atoms with E-state index in [9.17, 15) is 19.5 Å². The summed E-state index contributed by atoms with van der Waals surface area (Å²) in [4.78, 5) is 45.6. The molecule has 2 heterocycles. The van der Waals surface area contributed by atoms with Crippen LogP contribution in [0.2, 0.25) is 0 Å². The molecular weight excluding hydrogens is 532 g/mol. The topological polar surface area (TPSA) is 132 Å². The van der Waals surface area contributed by atoms with Crippen LogP contribution in [-0.2, 0) is 19.7 Å². The van der Waals surface area contributed by atoms with E-state index in [1.807, 2.05) is 19.1 Å². The molecule has 224 valence electrons. The number of pyridine rings is 1. The second-order valence-corrected chi connectivity index (χ2v) is 12.2. The predicted octanol–water partition coefficient (Wildman–Crippen LogP) is 5.67. The van der Waals surface area contributed by atoms with E-state index in [1.54, 1.807) is 30.5 Å². The number of ether oxygens (including phenoxy) is 2. The van der Waals surface area contributed by atoms with Gasteiger partial charge < -0.3 is 20.3 Å². The van der Waals surface area contributed by atoms with E-state index >= 15 is 0 Å². The van der Waals surface area contributed by atoms with E-state index < -0.39 is 28.7 Å². The number of nitrogens with two attached hydrogens (primary N) is 1. The summed E-state index contributed by atoms with van der Waals surface area (Å²) < 4.78 is 11.6. The summed E-state index contributed by atoms with van der Waals surface area (Å²) in [6, 6.07) is 10.5. The molecule has 0 radical (unpaired) electrons. The molecule has 2 fully saturated rings. The first-order valence-corrected chi connectivity index (χ1v) is 15.3. The van der Waals surface area contributed by atoms with Gasteiger partial charge in [-0.05, 0) is 61.3 Å². The third-order valence-electron chi connectivity index (χ3n) is 9.54. The molecule has 2 aliphatic carbocycles. The maximum Gasteiger partial charge on any atom is 0.350 e. The molecule has 42 heavy (non-hydrogen) atoms. The van der Waals surface area contributed by atoms with Gasteiger partial charge in [-0.2, -0.15) is 0 Å². The van der Waals surface area contributed by atoms with Crippen LogP contribution in [0, 0.1) is 0 Å². The third-order valence-corrected chi connectivity index (χ3v) is 9.54. The van der Waals surface area contributed by atoms with Crippen LogP contribution in [0.15, 0.2) is 53.7 Å². The quantitative estimate of drug-likeness (QED) is 0.109. The summed E-state index contributed by atoms with van der Waals surface area (Å²) in [7, 11) is 0. The number of unbranched alkanes of at least 4 members (excludes halogenated alkanes) is 3. The fourth-order valence-corrected chi connectivity index (χ4v) is 7.14. The Hall–Kier alpha value is -3.36. The van der Waals surface area contributed by atoms with Gasteiger partial charge in [-0.25, -0.2) is 9.78 Å². The SMILES string of the molecule is CCCCCCOC(=O)C12OC1(CC(CO)=C(C)CC1(c3ccnc(N)c3)CCCCC1)C(=O)c1ccccc1C2=O. The van der Waals surface area contributed by atoms with Crippen molar-refractivity contribution in [1.82, 2.24) is 4.98 Å². The lowest BCUT2D eigenvalue weighted by atomic mass is 9.65. The number of hydrogen-bond acceptors (Lipinski definition) is 8. The number of epoxide rings is 1. The normalized spacial score (nSPS) is 24.8. The molecule has 2 aromatic rings. The molecule has 0 amide bonds. The number of rotatable bonds is 12. The summed E-state index contributed by atoms with van der Waals surface area (Å²) in [6.45, 7) is 3.89. The monoisotopic (exact) mass is 574 g/mol. The number of esters is 1. The zero-order valence-corrected chi connectivity index (χ0v) is 24.7. The minimum Gasteiger partial charge on any atom is -0.463 e. The van der Waals surface area contributed by atoms with Crippen molar-refractivity contribution in [3.05, 3.63) is 70.4 Å². The number of anilines is 1. The molecule has 2 unspecified atom stereocenters. The van der Waals surface area contributed by atoms with Crippen LogP contribution < -0.4 is 5.73 Å². The number of aromatic nitrogens is 1. The molecule has 1 saturated heterocycles. The predicted molar refractivity (Wildman–Crippen MR) is 159 cm³/mol. The third kappa shape index (κ3) is 5.09. The molecule has 3 aliphatic rings. The molecule has 1 aromatic carbocycles. The maximum absolute atomic E-state index is 14.0. The number of nitrogens with zero attached hydrogens (tertiary/aromatic N) is 1. The Balaban J connectivity index is 1.48. The number of benzene rings is 1. The highest BCUT2D eigenvalue weighted by molar-refractivity contribution is 6.32. The van der Waals surface area contributed by atoms with Crippen LogP contribution in [0.4, 0.5) is 5.82 Å². The first-order chi connectivity index (χ1) is 20.2. The van der Waals surface area contributed by atoms with Crippen molar-refractivity contribution in [3.8, 4) is 0 Å². The second-order valence-electron chi connectivity index (χ2n) is 12.2. The number of fused-ring (bicyclic) bond motifs is 2. The van der Waals surface area contributed by atoms with Crippen LogP contribution in [0.5, 0.6) is 0 Å². The van der Waals surface area contributed by atoms with Crippen molar-refractivity contribution in [2.75, 3.05) is 18.9 Å². The zero-order chi connectivity index (χ0) is 30.0. The summed E-state index contributed by atoms with van der Waals surface area (Å²) in [5, 5.41) is 10.6. The molecule has 5 rings (SSSR count). The average Bonchev–Trinajstić information content (AvgIpc) is 3.70. The Kier molecular flexibility index (Phi) is 8.67. The van der Waals surface area contributed by atoms with Crippen LogP contribution >= 0.6 is 0 Å². The van der Waals surface area contributed by atoms with Crippen LogP contribution in [0.25, 0.3) is 0 Å². The number of Topliss-reactive ketones (excluding diaryl/α,β-unsaturated/α-hetero) is 2. The van der Waals surface area contributed by atoms with Gasteiger partial charge in [0.1, 0.15) is 5.82 Å². The highest BCUT2D eigenvalue weighted by atomic mass is 16.7. The molecule has 1 saturated carbocycles. The Morgan fingerprint density at radius 1 is 1.02 bits per heavy atom. The number of hydrogen-bond donors (Lipinski definition) is 2. The number of allylic oxidation sites excluding steroid dienone is 1. The minimum absolute atomic E-state index is 0.0618. The Labute approximate surface area is 247 Å². The fraction of sp³-hybridized carbons (Fsp3) is 0.529. The Bertz CT molecular complexity index is 1390. The number of carbonyl (C=O) groups excluding carboxylic acids is 3. The van der Waals surface area contributed by atoms with E-state index in [-0.39, 0.29) is 36.2 Å². The van der Waals surface area contributed by atoms with Gasteiger partial charge in [0.2, 0.25) is 5.78 Å². The number of nitrogen functional groups attached to an aromatic ring is 1. The summed E-state index contributed by atoms with van der Waals surface area (Å²) in [6.07, 6.45) is 11.2. The fourth-order valence-electron chi connectivity index (χ4n) is 7.14. The molecule has 1 aliphatic heterocycles. The molecule has 2 atom stereocenters. The molecule has 1 aromatic heterocycles. The lowest BCUT2D eigenvalue weighted by molar-refractivity contribution is -0.148. The van der Waals surface area contributed by atoms with Crippen molar-refractivity contribution < 1.29 is 29.0 Å². The van der Waals surface area contributed by atoms with Crippen molar-refractivity contribution in [2.24, 2.45) is 0 Å². The smallest absolute Gasteiger partial charge is 0.350 e. The molecule has 0 bridgehead atoms. The van der Waals surface area contributed by atoms with Gasteiger partial charge in [0.15, 0.2) is 11.4 Å². The average molecular weight is 575 g/mol. The lowest BCUT2D eigenvalue weighted by Gasteiger charge is -2.39. The first-order valence-electron chi connectivity index (χ1n) is 15.3. The molecule has 8 heteroatoms. The largest absolute Gasteiger partial charge is 0.463 e. The standard InChI is InChI=1S/C34H42N2O6/c1-3-4-5-11-18-41-31(40)34-30(39)27-13-8-7-12-26(27)29(38)33(34,42-34)21-24(22-37)23(2)20-32(15-9-6-10-16-32)25-14-17-36-28(35)19-25/h7-8,12-14,17,19,37H,3-6,9-11,15-16,18,20-22H2,1-2H3,(H2,35,36). The molecule has 0 spiro atoms. The van der Waals surface area contributed by atoms with Crippen molar-refractivity contribution >= 4 is 23.4 Å². The Morgan fingerprint density at radius 3 is 2.40 bits per heavy atom. The van der Waals surface area contributed by atoms with Crippen molar-refractivity contribution in [3.63, 3.8) is 0 Å². The lowest BCUT2D eigenvalue weighted by Crippen LogP contribution is -2.51. The van der Waals surface area contributed by atoms with Gasteiger partial charge in [0.25, 0.3) is 5.60 Å². The minimum atomic E-state index is -2.04. The number of carbonyl (C=O) groups is 3. The maximum atomic E-state index is 14.0. The van der Waals surface area contributed by atoms with Gasteiger partial charge in [-0.15, -0.1) is 0 Å². The highest BCUT2D eigenvalue weighted by Gasteiger charge is 2.85. The highest BCUT2D eigenvalue weighted by Crippen LogP contribution is 2.59. The van der Waals surface area contributed by atoms with Crippen LogP contribution in [-0.4, -0.2) is 52.0 Å². The van der Waals surface area contributed by atoms with Crippen molar-refractivity contribution in [2.45, 2.75) is 101 Å². The number of ketones is 2. The van der Waals surface area contributed by atoms with Crippen LogP contribution in [0.3, 0.4) is 0 Å². The second kappa shape index (κ2) is 12.1. The van der Waals surface area contributed by atoms with Crippen LogP contribution in [0.1, 0.15) is 111 Å². The summed E-state index contributed by atoms with van der Waals surface area (Å²) in [5.41, 5.74) is 5.14. The van der Waals surface area contributed by atoms with Gasteiger partial charge in [-0.1, -0.05) is 75.3 Å². The van der Waals surface area contributed by atoms with Gasteiger partial charge >= 0.3 is 5.97 Å². The summed E-state index contributed by atoms with van der Waals surface area (Å²) in [5.74, 6) is -1.33. The number of aliphatic hydroxyl groups is 1. The van der Waals surface area contributed by atoms with E-state index in [1.165, 1.54) is 0 Å². The molecule has 8 nitrogen and oxygen atoms in total. The Morgan fingerprint density at radius 2 is 1.74 bits per heavy atom. The van der Waals surface area contributed by atoms with E-state index in [4.69, 9.17) is 15.2 Å². The first kappa shape index (κ1) is 30.1. The molecular formula is C34H42N2O6. The zero-order valence-electron chi connectivity index (χ0n) is 24.7. The van der Waals surface area contributed by atoms with E-state index in [0.717, 1.165) is 62.5 Å². The van der Waals surface area contributed by atoms with Gasteiger partial charge in [0.05, 0.1) is 13.2 Å². The van der Waals surface area contributed by atoms with Gasteiger partial charge in [-0.3, -0.25) is 9.59 Å². The number of aliphatic hydroxyl groups excluding tert-OH is 1. The van der Waals surface area contributed by atoms with Crippen molar-refractivity contribution in [1.29, 1.82) is 0 Å². The van der Waals surface area contributed by atoms with E-state index in [0.29, 0.717) is 24.2 Å².